The fraction of sp³-hybridized carbons (Fsp3) is 0.321. The van der Waals surface area contributed by atoms with Crippen LogP contribution in [0.15, 0.2) is 127 Å². The molecule has 7 amide bonds. The van der Waals surface area contributed by atoms with Crippen LogP contribution in [0.2, 0.25) is 0 Å². The minimum atomic E-state index is -0.706. The van der Waals surface area contributed by atoms with Gasteiger partial charge >= 0.3 is 23.2 Å². The van der Waals surface area contributed by atoms with Crippen molar-refractivity contribution in [2.24, 2.45) is 5.73 Å². The van der Waals surface area contributed by atoms with Gasteiger partial charge in [0.25, 0.3) is 35.4 Å². The van der Waals surface area contributed by atoms with Crippen molar-refractivity contribution in [3.8, 4) is 46.0 Å². The number of carbonyl (C=O) groups is 7. The van der Waals surface area contributed by atoms with Crippen LogP contribution in [-0.2, 0) is 56.1 Å². The molecule has 14 rings (SSSR count). The molecule has 0 unspecified atom stereocenters. The summed E-state index contributed by atoms with van der Waals surface area (Å²) in [6.07, 6.45) is 5.66. The second-order valence-corrected chi connectivity index (χ2v) is 29.5. The number of phenolic OH excluding ortho intramolecular Hbond substituents is 1. The number of alkyl carbamates (subject to hydrolysis) is 1. The Morgan fingerprint density at radius 3 is 1.35 bits per heavy atom. The van der Waals surface area contributed by atoms with Crippen molar-refractivity contribution in [3.05, 3.63) is 235 Å². The van der Waals surface area contributed by atoms with E-state index in [1.54, 1.807) is 59.6 Å². The van der Waals surface area contributed by atoms with Gasteiger partial charge in [-0.15, -0.1) is 0 Å². The molecule has 634 valence electrons. The number of fused-ring (bicyclic) bond motifs is 6. The maximum atomic E-state index is 11.9. The second-order valence-electron chi connectivity index (χ2n) is 26.1. The van der Waals surface area contributed by atoms with Crippen LogP contribution < -0.4 is 71.2 Å². The van der Waals surface area contributed by atoms with E-state index in [-0.39, 0.29) is 69.1 Å². The van der Waals surface area contributed by atoms with Crippen molar-refractivity contribution in [2.45, 2.75) is 51.4 Å². The van der Waals surface area contributed by atoms with Crippen LogP contribution in [0.3, 0.4) is 0 Å². The third kappa shape index (κ3) is 24.0. The van der Waals surface area contributed by atoms with E-state index in [0.29, 0.717) is 117 Å². The summed E-state index contributed by atoms with van der Waals surface area (Å²) in [6, 6.07) is 32.8. The molecule has 34 nitrogen and oxygen atoms in total. The number of anilines is 1. The number of likely N-dealkylation sites (N-methyl/N-ethyl adjacent to an activating group) is 2. The molecule has 8 aromatic carbocycles. The molecule has 0 saturated carbocycles. The SMILES string of the molecule is CN1CCc2c(Br)cc([N+](=O)[O-])c(O)c2C1=O.COC(=O)NCCc1cccc(OC)c1.COc1c(N)ccc2c1C(=O)N(C)CC2.COc1c([N+](=O)[O-])cc(Br)c2c1C(=O)NCC2.COc1c([N+](=O)[O-])cc(Br)c2c1C(=O)NCC2.COc1ccc(Br)c2c1C(=O)NCC2.COc1cccc(CCN)c1.COc1cccc2c1C(=O)NCC2. The fourth-order valence-electron chi connectivity index (χ4n) is 13.0. The monoisotopic (exact) mass is 1900 g/mol. The number of rotatable bonds is 15. The number of hydrogen-bond donors (Lipinski definition) is 8. The largest absolute Gasteiger partial charge is 0.502 e. The van der Waals surface area contributed by atoms with E-state index in [2.05, 4.69) is 101 Å². The zero-order valence-corrected chi connectivity index (χ0v) is 73.0. The lowest BCUT2D eigenvalue weighted by molar-refractivity contribution is -0.386. The predicted octanol–water partition coefficient (Wildman–Crippen LogP) is 11.4. The molecule has 38 heteroatoms. The van der Waals surface area contributed by atoms with Gasteiger partial charge in [-0.1, -0.05) is 106 Å². The number of hydrogen-bond acceptors (Lipinski definition) is 24. The first-order chi connectivity index (χ1) is 56.9. The van der Waals surface area contributed by atoms with Gasteiger partial charge in [-0.2, -0.15) is 0 Å². The maximum absolute atomic E-state index is 11.9. The zero-order valence-electron chi connectivity index (χ0n) is 66.6. The quantitative estimate of drug-likeness (QED) is 0.0268. The van der Waals surface area contributed by atoms with Crippen LogP contribution in [0.25, 0.3) is 0 Å². The summed E-state index contributed by atoms with van der Waals surface area (Å²) >= 11 is 13.1. The van der Waals surface area contributed by atoms with Crippen molar-refractivity contribution in [2.75, 3.05) is 129 Å². The number of nitrogen functional groups attached to an aromatic ring is 1. The lowest BCUT2D eigenvalue weighted by Gasteiger charge is -2.26. The molecule has 0 saturated heterocycles. The lowest BCUT2D eigenvalue weighted by atomic mass is 9.97. The molecule has 8 aromatic rings. The van der Waals surface area contributed by atoms with E-state index in [4.69, 9.17) is 44.6 Å². The number of nitro groups is 3. The van der Waals surface area contributed by atoms with E-state index in [9.17, 15) is 69.0 Å². The highest BCUT2D eigenvalue weighted by Gasteiger charge is 2.35. The van der Waals surface area contributed by atoms with E-state index in [1.807, 2.05) is 72.8 Å². The molecule has 0 aromatic heterocycles. The van der Waals surface area contributed by atoms with Crippen LogP contribution in [0.4, 0.5) is 27.5 Å². The summed E-state index contributed by atoms with van der Waals surface area (Å²) in [6.45, 7) is 4.97. The Kier molecular flexibility index (Phi) is 35.8. The Hall–Kier alpha value is -11.9. The number of aromatic hydroxyl groups is 1. The zero-order chi connectivity index (χ0) is 87.5. The Balaban J connectivity index is 0.000000188. The number of phenols is 1. The molecule has 0 aliphatic carbocycles. The summed E-state index contributed by atoms with van der Waals surface area (Å²) in [5.41, 5.74) is 20.9. The predicted molar refractivity (Wildman–Crippen MR) is 457 cm³/mol. The molecule has 0 fully saturated rings. The number of amides is 7. The van der Waals surface area contributed by atoms with E-state index >= 15 is 0 Å². The average molecular weight is 1900 g/mol. The van der Waals surface area contributed by atoms with Gasteiger partial charge in [-0.3, -0.25) is 59.1 Å². The van der Waals surface area contributed by atoms with Gasteiger partial charge in [0, 0.05) is 96.0 Å². The number of halogens is 4. The topological polar surface area (TPSA) is 462 Å². The molecule has 10 N–H and O–H groups in total. The molecule has 0 spiro atoms. The average Bonchev–Trinajstić information content (AvgIpc) is 0.781. The van der Waals surface area contributed by atoms with E-state index in [0.717, 1.165) is 94.5 Å². The maximum Gasteiger partial charge on any atom is 0.406 e. The molecular formula is C81H90Br4N12O22. The number of carbonyl (C=O) groups excluding carboxylic acids is 7. The van der Waals surface area contributed by atoms with E-state index in [1.165, 1.54) is 57.1 Å². The molecular weight excluding hydrogens is 1810 g/mol. The smallest absolute Gasteiger partial charge is 0.406 e. The van der Waals surface area contributed by atoms with Gasteiger partial charge < -0.3 is 90.9 Å². The van der Waals surface area contributed by atoms with Gasteiger partial charge in [0.1, 0.15) is 23.0 Å². The van der Waals surface area contributed by atoms with Crippen molar-refractivity contribution < 1.29 is 91.3 Å². The molecule has 6 aliphatic heterocycles. The summed E-state index contributed by atoms with van der Waals surface area (Å²) in [5, 5.41) is 55.9. The Labute approximate surface area is 718 Å². The van der Waals surface area contributed by atoms with Crippen LogP contribution >= 0.6 is 63.7 Å². The number of ether oxygens (including phenoxy) is 8. The number of nitrogens with zero attached hydrogens (tertiary/aromatic N) is 5. The number of nitro benzene ring substituents is 3. The molecule has 0 radical (unpaired) electrons. The first-order valence-corrected chi connectivity index (χ1v) is 39.7. The van der Waals surface area contributed by atoms with Gasteiger partial charge in [-0.05, 0) is 151 Å². The van der Waals surface area contributed by atoms with Gasteiger partial charge in [0.15, 0.2) is 5.75 Å². The minimum absolute atomic E-state index is 0.0135. The van der Waals surface area contributed by atoms with Crippen LogP contribution in [0.5, 0.6) is 46.0 Å². The Morgan fingerprint density at radius 1 is 0.462 bits per heavy atom. The van der Waals surface area contributed by atoms with Crippen molar-refractivity contribution in [3.63, 3.8) is 0 Å². The van der Waals surface area contributed by atoms with Crippen LogP contribution in [0, 0.1) is 30.3 Å². The standard InChI is InChI=1S/C11H14N2O2.C11H15NO3.3C10H9BrN2O4.C10H10BrNO2.C10H11NO2.C9H13NO/c1-13-6-5-7-3-4-8(12)10(15-2)9(7)11(13)14;1-14-10-5-3-4-9(8-10)6-7-12-11(13)15-2;2*1-17-9-7(13(15)16)4-6(11)5-2-3-12-10(14)8(5)9;1-12-3-2-5-6(11)4-7(13(16)17)9(14)8(5)10(12)15;1-14-8-3-2-7(11)6-4-5-12-10(13)9(6)8;1-13-8-4-2-3-7-5-6-11-10(12)9(7)8;1-11-9-4-2-3-8(7-9)5-6-10/h3-4H,5-6,12H2,1-2H3;3-5,8H,6-7H2,1-2H3,(H,12,13);2*4H,2-3H2,1H3,(H,12,14);4,14H,2-3H2,1H3;2-3H,4-5H2,1H3,(H,12,13);2-4H,5-6H2,1H3,(H,11,12);2-4,7H,5-6,10H2,1H3. The second kappa shape index (κ2) is 45.2. The summed E-state index contributed by atoms with van der Waals surface area (Å²) in [5.74, 6) is 1.85. The summed E-state index contributed by atoms with van der Waals surface area (Å²) in [7, 11) is 15.4. The third-order valence-corrected chi connectivity index (χ3v) is 21.7. The summed E-state index contributed by atoms with van der Waals surface area (Å²) < 4.78 is 42.7. The first kappa shape index (κ1) is 94.3. The highest BCUT2D eigenvalue weighted by Crippen LogP contribution is 2.43. The number of nitrogens with one attached hydrogen (secondary N) is 5. The van der Waals surface area contributed by atoms with E-state index < -0.39 is 38.2 Å². The van der Waals surface area contributed by atoms with Crippen molar-refractivity contribution >= 4 is 128 Å². The Morgan fingerprint density at radius 2 is 0.882 bits per heavy atom. The number of nitrogens with two attached hydrogens (primary N) is 2. The van der Waals surface area contributed by atoms with Gasteiger partial charge in [0.05, 0.1) is 111 Å². The molecule has 6 heterocycles. The fourth-order valence-corrected chi connectivity index (χ4v) is 15.3. The van der Waals surface area contributed by atoms with Gasteiger partial charge in [-0.25, -0.2) is 4.79 Å². The van der Waals surface area contributed by atoms with Crippen LogP contribution in [-0.4, -0.2) is 195 Å². The lowest BCUT2D eigenvalue weighted by Crippen LogP contribution is -2.34. The van der Waals surface area contributed by atoms with Crippen molar-refractivity contribution in [1.82, 2.24) is 36.4 Å². The number of methoxy groups -OCH3 is 8. The molecule has 119 heavy (non-hydrogen) atoms. The molecule has 6 aliphatic rings. The highest BCUT2D eigenvalue weighted by molar-refractivity contribution is 9.11. The van der Waals surface area contributed by atoms with Crippen LogP contribution in [0.1, 0.15) is 107 Å². The third-order valence-electron chi connectivity index (χ3n) is 18.9. The Bertz CT molecular complexity index is 5010. The molecule has 0 atom stereocenters. The first-order valence-electron chi connectivity index (χ1n) is 36.5. The normalized spacial score (nSPS) is 13.4. The molecule has 0 bridgehead atoms. The van der Waals surface area contributed by atoms with Crippen molar-refractivity contribution in [1.29, 1.82) is 0 Å². The highest BCUT2D eigenvalue weighted by atomic mass is 79.9. The summed E-state index contributed by atoms with van der Waals surface area (Å²) in [4.78, 5) is 115. The van der Waals surface area contributed by atoms with Gasteiger partial charge in [0.2, 0.25) is 17.2 Å². The minimum Gasteiger partial charge on any atom is -0.502 e. The number of benzene rings is 8.